The molecule has 1 aromatic heterocycles. The van der Waals surface area contributed by atoms with Crippen molar-refractivity contribution in [2.24, 2.45) is 5.84 Å². The molecule has 0 amide bonds. The standard InChI is InChI=1S/C11H10F2N4O/c1-6-4-7(12)2-3-9(6)18-10-8(13)5-15-11(16-10)17-14/h2-5H,14H2,1H3,(H,15,16,17). The number of ether oxygens (including phenoxy) is 1. The van der Waals surface area contributed by atoms with Crippen LogP contribution in [0.25, 0.3) is 0 Å². The second-order valence-corrected chi connectivity index (χ2v) is 3.50. The fraction of sp³-hybridized carbons (Fsp3) is 0.0909. The molecule has 0 saturated heterocycles. The van der Waals surface area contributed by atoms with Crippen molar-refractivity contribution in [3.05, 3.63) is 41.6 Å². The Bertz CT molecular complexity index is 577. The van der Waals surface area contributed by atoms with E-state index in [1.807, 2.05) is 0 Å². The molecule has 1 heterocycles. The number of hydrogen-bond donors (Lipinski definition) is 2. The number of nitrogens with one attached hydrogen (secondary N) is 1. The van der Waals surface area contributed by atoms with E-state index in [0.29, 0.717) is 11.3 Å². The van der Waals surface area contributed by atoms with Gasteiger partial charge in [0.05, 0.1) is 6.20 Å². The van der Waals surface area contributed by atoms with Crippen molar-refractivity contribution >= 4 is 5.95 Å². The molecule has 1 aromatic carbocycles. The molecule has 7 heteroatoms. The average molecular weight is 252 g/mol. The first kappa shape index (κ1) is 12.2. The van der Waals surface area contributed by atoms with Gasteiger partial charge in [0.1, 0.15) is 11.6 Å². The van der Waals surface area contributed by atoms with Gasteiger partial charge in [0.25, 0.3) is 5.88 Å². The summed E-state index contributed by atoms with van der Waals surface area (Å²) in [4.78, 5) is 7.28. The highest BCUT2D eigenvalue weighted by Gasteiger charge is 2.10. The molecule has 2 aromatic rings. The molecule has 0 spiro atoms. The lowest BCUT2D eigenvalue weighted by Crippen LogP contribution is -2.11. The van der Waals surface area contributed by atoms with Crippen LogP contribution < -0.4 is 16.0 Å². The lowest BCUT2D eigenvalue weighted by Gasteiger charge is -2.09. The topological polar surface area (TPSA) is 73.1 Å². The summed E-state index contributed by atoms with van der Waals surface area (Å²) in [5, 5.41) is 0. The number of anilines is 1. The molecule has 5 nitrogen and oxygen atoms in total. The Morgan fingerprint density at radius 1 is 1.33 bits per heavy atom. The van der Waals surface area contributed by atoms with E-state index >= 15 is 0 Å². The van der Waals surface area contributed by atoms with E-state index in [1.54, 1.807) is 6.92 Å². The van der Waals surface area contributed by atoms with Crippen LogP contribution in [0.3, 0.4) is 0 Å². The fourth-order valence-corrected chi connectivity index (χ4v) is 1.32. The lowest BCUT2D eigenvalue weighted by molar-refractivity contribution is 0.417. The highest BCUT2D eigenvalue weighted by Crippen LogP contribution is 2.26. The Morgan fingerprint density at radius 3 is 2.78 bits per heavy atom. The maximum Gasteiger partial charge on any atom is 0.260 e. The van der Waals surface area contributed by atoms with Crippen LogP contribution in [-0.4, -0.2) is 9.97 Å². The SMILES string of the molecule is Cc1cc(F)ccc1Oc1nc(NN)ncc1F. The minimum Gasteiger partial charge on any atom is -0.436 e. The summed E-state index contributed by atoms with van der Waals surface area (Å²) in [5.41, 5.74) is 2.70. The molecule has 0 fully saturated rings. The Labute approximate surface area is 102 Å². The first-order valence-corrected chi connectivity index (χ1v) is 5.03. The number of rotatable bonds is 3. The number of nitrogens with zero attached hydrogens (tertiary/aromatic N) is 2. The number of aromatic nitrogens is 2. The summed E-state index contributed by atoms with van der Waals surface area (Å²) in [5.74, 6) is 4.01. The lowest BCUT2D eigenvalue weighted by atomic mass is 10.2. The molecule has 0 atom stereocenters. The number of hydrazine groups is 1. The fourth-order valence-electron chi connectivity index (χ4n) is 1.32. The average Bonchev–Trinajstić information content (AvgIpc) is 2.35. The Hall–Kier alpha value is -2.28. The number of halogens is 2. The van der Waals surface area contributed by atoms with Crippen molar-refractivity contribution in [2.75, 3.05) is 5.43 Å². The third kappa shape index (κ3) is 2.51. The predicted molar refractivity (Wildman–Crippen MR) is 61.0 cm³/mol. The van der Waals surface area contributed by atoms with Crippen LogP contribution in [0.4, 0.5) is 14.7 Å². The summed E-state index contributed by atoms with van der Waals surface area (Å²) < 4.78 is 31.6. The van der Waals surface area contributed by atoms with E-state index in [9.17, 15) is 8.78 Å². The predicted octanol–water partition coefficient (Wildman–Crippen LogP) is 2.14. The van der Waals surface area contributed by atoms with E-state index in [2.05, 4.69) is 15.4 Å². The second kappa shape index (κ2) is 4.92. The summed E-state index contributed by atoms with van der Waals surface area (Å²) in [6.07, 6.45) is 0.927. The van der Waals surface area contributed by atoms with Crippen LogP contribution in [0.15, 0.2) is 24.4 Å². The van der Waals surface area contributed by atoms with Crippen molar-refractivity contribution in [1.29, 1.82) is 0 Å². The maximum absolute atomic E-state index is 13.4. The zero-order chi connectivity index (χ0) is 13.1. The van der Waals surface area contributed by atoms with Gasteiger partial charge in [-0.05, 0) is 30.7 Å². The van der Waals surface area contributed by atoms with Crippen LogP contribution >= 0.6 is 0 Å². The van der Waals surface area contributed by atoms with E-state index in [4.69, 9.17) is 10.6 Å². The number of hydrogen-bond acceptors (Lipinski definition) is 5. The Balaban J connectivity index is 2.33. The third-order valence-corrected chi connectivity index (χ3v) is 2.18. The molecule has 0 aliphatic rings. The highest BCUT2D eigenvalue weighted by molar-refractivity contribution is 5.37. The van der Waals surface area contributed by atoms with Gasteiger partial charge < -0.3 is 4.74 Å². The van der Waals surface area contributed by atoms with Gasteiger partial charge >= 0.3 is 0 Å². The zero-order valence-corrected chi connectivity index (χ0v) is 9.45. The molecular formula is C11H10F2N4O. The third-order valence-electron chi connectivity index (χ3n) is 2.18. The van der Waals surface area contributed by atoms with Gasteiger partial charge in [-0.15, -0.1) is 0 Å². The summed E-state index contributed by atoms with van der Waals surface area (Å²) in [6.45, 7) is 1.64. The summed E-state index contributed by atoms with van der Waals surface area (Å²) in [7, 11) is 0. The van der Waals surface area contributed by atoms with E-state index in [1.165, 1.54) is 18.2 Å². The van der Waals surface area contributed by atoms with E-state index in [0.717, 1.165) is 6.20 Å². The van der Waals surface area contributed by atoms with Gasteiger partial charge in [-0.2, -0.15) is 9.37 Å². The van der Waals surface area contributed by atoms with Gasteiger partial charge in [-0.3, -0.25) is 5.43 Å². The van der Waals surface area contributed by atoms with Crippen LogP contribution in [0.1, 0.15) is 5.56 Å². The molecular weight excluding hydrogens is 242 g/mol. The maximum atomic E-state index is 13.4. The first-order valence-electron chi connectivity index (χ1n) is 5.03. The van der Waals surface area contributed by atoms with Crippen LogP contribution in [0.5, 0.6) is 11.6 Å². The molecule has 0 unspecified atom stereocenters. The van der Waals surface area contributed by atoms with Gasteiger partial charge in [-0.1, -0.05) is 0 Å². The number of benzene rings is 1. The first-order chi connectivity index (χ1) is 8.60. The molecule has 0 aliphatic carbocycles. The quantitative estimate of drug-likeness (QED) is 0.646. The van der Waals surface area contributed by atoms with Gasteiger partial charge in [-0.25, -0.2) is 15.2 Å². The van der Waals surface area contributed by atoms with Crippen molar-refractivity contribution in [3.63, 3.8) is 0 Å². The van der Waals surface area contributed by atoms with Crippen molar-refractivity contribution < 1.29 is 13.5 Å². The van der Waals surface area contributed by atoms with Crippen LogP contribution in [-0.2, 0) is 0 Å². The van der Waals surface area contributed by atoms with Gasteiger partial charge in [0.15, 0.2) is 0 Å². The normalized spacial score (nSPS) is 10.2. The minimum atomic E-state index is -0.738. The Morgan fingerprint density at radius 2 is 2.11 bits per heavy atom. The van der Waals surface area contributed by atoms with Crippen LogP contribution in [0.2, 0.25) is 0 Å². The van der Waals surface area contributed by atoms with Crippen molar-refractivity contribution in [2.45, 2.75) is 6.92 Å². The minimum absolute atomic E-state index is 0.0196. The van der Waals surface area contributed by atoms with E-state index in [-0.39, 0.29) is 11.8 Å². The number of aryl methyl sites for hydroxylation is 1. The highest BCUT2D eigenvalue weighted by atomic mass is 19.1. The molecule has 0 radical (unpaired) electrons. The molecule has 0 aliphatic heterocycles. The van der Waals surface area contributed by atoms with Gasteiger partial charge in [0.2, 0.25) is 11.8 Å². The molecule has 0 bridgehead atoms. The zero-order valence-electron chi connectivity index (χ0n) is 9.45. The summed E-state index contributed by atoms with van der Waals surface area (Å²) in [6, 6.07) is 3.88. The smallest absolute Gasteiger partial charge is 0.260 e. The molecule has 94 valence electrons. The van der Waals surface area contributed by atoms with Crippen molar-refractivity contribution in [3.8, 4) is 11.6 Å². The number of nitrogens with two attached hydrogens (primary N) is 1. The molecule has 3 N–H and O–H groups in total. The molecule has 0 saturated carbocycles. The van der Waals surface area contributed by atoms with Crippen LogP contribution in [0, 0.1) is 18.6 Å². The largest absolute Gasteiger partial charge is 0.436 e. The van der Waals surface area contributed by atoms with E-state index < -0.39 is 11.6 Å². The number of nitrogen functional groups attached to an aromatic ring is 1. The second-order valence-electron chi connectivity index (χ2n) is 3.50. The van der Waals surface area contributed by atoms with Crippen molar-refractivity contribution in [1.82, 2.24) is 9.97 Å². The molecule has 18 heavy (non-hydrogen) atoms. The van der Waals surface area contributed by atoms with Gasteiger partial charge in [0, 0.05) is 0 Å². The Kier molecular flexibility index (Phi) is 3.33. The summed E-state index contributed by atoms with van der Waals surface area (Å²) >= 11 is 0. The molecule has 2 rings (SSSR count). The monoisotopic (exact) mass is 252 g/mol.